The molecule has 1 N–H and O–H groups in total. The monoisotopic (exact) mass is 290 g/mol. The number of hydrogen-bond acceptors (Lipinski definition) is 4. The third-order valence-electron chi connectivity index (χ3n) is 4.63. The summed E-state index contributed by atoms with van der Waals surface area (Å²) < 4.78 is 0. The average molecular weight is 290 g/mol. The van der Waals surface area contributed by atoms with Crippen LogP contribution < -0.4 is 10.2 Å². The van der Waals surface area contributed by atoms with E-state index in [2.05, 4.69) is 37.9 Å². The maximum atomic E-state index is 4.91. The first-order valence-corrected chi connectivity index (χ1v) is 8.45. The molecular weight excluding hydrogens is 260 g/mol. The zero-order valence-corrected chi connectivity index (χ0v) is 14.2. The molecule has 0 bridgehead atoms. The van der Waals surface area contributed by atoms with Gasteiger partial charge in [0.1, 0.15) is 17.5 Å². The van der Waals surface area contributed by atoms with Gasteiger partial charge in [0, 0.05) is 31.6 Å². The largest absolute Gasteiger partial charge is 0.373 e. The predicted molar refractivity (Wildman–Crippen MR) is 90.2 cm³/mol. The molecule has 0 aromatic carbocycles. The molecule has 1 heterocycles. The smallest absolute Gasteiger partial charge is 0.137 e. The van der Waals surface area contributed by atoms with Gasteiger partial charge in [-0.05, 0) is 32.6 Å². The summed E-state index contributed by atoms with van der Waals surface area (Å²) in [6.07, 6.45) is 4.94. The van der Waals surface area contributed by atoms with Crippen LogP contribution in [0.15, 0.2) is 0 Å². The third kappa shape index (κ3) is 3.66. The first-order valence-electron chi connectivity index (χ1n) is 8.45. The van der Waals surface area contributed by atoms with Crippen LogP contribution in [0.2, 0.25) is 0 Å². The van der Waals surface area contributed by atoms with Crippen LogP contribution in [0.3, 0.4) is 0 Å². The molecule has 4 heteroatoms. The van der Waals surface area contributed by atoms with Crippen molar-refractivity contribution in [1.29, 1.82) is 0 Å². The summed E-state index contributed by atoms with van der Waals surface area (Å²) in [6, 6.07) is 0. The number of nitrogens with zero attached hydrogens (tertiary/aromatic N) is 3. The van der Waals surface area contributed by atoms with E-state index in [1.165, 1.54) is 31.2 Å². The molecular formula is C17H30N4. The fourth-order valence-electron chi connectivity index (χ4n) is 2.82. The Labute approximate surface area is 129 Å². The Balaban J connectivity index is 2.32. The quantitative estimate of drug-likeness (QED) is 0.786. The Hall–Kier alpha value is -1.32. The van der Waals surface area contributed by atoms with Gasteiger partial charge < -0.3 is 10.2 Å². The summed E-state index contributed by atoms with van der Waals surface area (Å²) >= 11 is 0. The molecule has 1 fully saturated rings. The van der Waals surface area contributed by atoms with Crippen LogP contribution in [-0.2, 0) is 0 Å². The minimum atomic E-state index is 0.586. The Morgan fingerprint density at radius 3 is 2.33 bits per heavy atom. The lowest BCUT2D eigenvalue weighted by molar-refractivity contribution is 0.483. The van der Waals surface area contributed by atoms with E-state index >= 15 is 0 Å². The van der Waals surface area contributed by atoms with Gasteiger partial charge in [-0.1, -0.05) is 26.7 Å². The predicted octanol–water partition coefficient (Wildman–Crippen LogP) is 3.97. The van der Waals surface area contributed by atoms with E-state index in [1.54, 1.807) is 0 Å². The number of nitrogens with one attached hydrogen (secondary N) is 1. The standard InChI is InChI=1S/C17H30N4/c1-6-13(7-2)11-21(8-3)17-12(4)15(18-5)19-16(20-17)14-9-10-14/h13-14H,6-11H2,1-5H3,(H,18,19,20). The second kappa shape index (κ2) is 7.10. The van der Waals surface area contributed by atoms with Crippen LogP contribution in [0.25, 0.3) is 0 Å². The molecule has 4 nitrogen and oxygen atoms in total. The van der Waals surface area contributed by atoms with Gasteiger partial charge in [-0.3, -0.25) is 0 Å². The van der Waals surface area contributed by atoms with E-state index in [0.717, 1.165) is 36.5 Å². The van der Waals surface area contributed by atoms with Gasteiger partial charge >= 0.3 is 0 Å². The molecule has 2 rings (SSSR count). The fraction of sp³-hybridized carbons (Fsp3) is 0.765. The second-order valence-electron chi connectivity index (χ2n) is 6.12. The first-order chi connectivity index (χ1) is 10.1. The normalized spacial score (nSPS) is 14.6. The van der Waals surface area contributed by atoms with E-state index in [-0.39, 0.29) is 0 Å². The molecule has 1 aliphatic rings. The lowest BCUT2D eigenvalue weighted by Gasteiger charge is -2.28. The van der Waals surface area contributed by atoms with Crippen molar-refractivity contribution in [2.24, 2.45) is 5.92 Å². The van der Waals surface area contributed by atoms with E-state index in [1.807, 2.05) is 7.05 Å². The van der Waals surface area contributed by atoms with Gasteiger partial charge in [0.15, 0.2) is 0 Å². The number of hydrogen-bond donors (Lipinski definition) is 1. The molecule has 1 saturated carbocycles. The summed E-state index contributed by atoms with van der Waals surface area (Å²) in [5.41, 5.74) is 1.18. The second-order valence-corrected chi connectivity index (χ2v) is 6.12. The number of anilines is 2. The van der Waals surface area contributed by atoms with Crippen molar-refractivity contribution in [3.63, 3.8) is 0 Å². The van der Waals surface area contributed by atoms with Crippen molar-refractivity contribution in [1.82, 2.24) is 9.97 Å². The van der Waals surface area contributed by atoms with Gasteiger partial charge in [0.25, 0.3) is 0 Å². The van der Waals surface area contributed by atoms with Crippen molar-refractivity contribution >= 4 is 11.6 Å². The zero-order chi connectivity index (χ0) is 15.4. The topological polar surface area (TPSA) is 41.1 Å². The van der Waals surface area contributed by atoms with Crippen molar-refractivity contribution in [3.05, 3.63) is 11.4 Å². The van der Waals surface area contributed by atoms with Crippen molar-refractivity contribution < 1.29 is 0 Å². The summed E-state index contributed by atoms with van der Waals surface area (Å²) in [4.78, 5) is 12.0. The minimum Gasteiger partial charge on any atom is -0.373 e. The van der Waals surface area contributed by atoms with Gasteiger partial charge in [-0.2, -0.15) is 0 Å². The molecule has 0 radical (unpaired) electrons. The number of rotatable bonds is 8. The van der Waals surface area contributed by atoms with Gasteiger partial charge in [-0.25, -0.2) is 9.97 Å². The van der Waals surface area contributed by atoms with Crippen molar-refractivity contribution in [3.8, 4) is 0 Å². The van der Waals surface area contributed by atoms with Crippen LogP contribution in [0, 0.1) is 12.8 Å². The third-order valence-corrected chi connectivity index (χ3v) is 4.63. The Bertz CT molecular complexity index is 464. The van der Waals surface area contributed by atoms with E-state index in [0.29, 0.717) is 5.92 Å². The summed E-state index contributed by atoms with van der Waals surface area (Å²) in [6.45, 7) is 11.0. The molecule has 0 atom stereocenters. The first kappa shape index (κ1) is 16.1. The molecule has 0 amide bonds. The molecule has 0 aliphatic heterocycles. The highest BCUT2D eigenvalue weighted by molar-refractivity contribution is 5.58. The minimum absolute atomic E-state index is 0.586. The molecule has 21 heavy (non-hydrogen) atoms. The number of aromatic nitrogens is 2. The van der Waals surface area contributed by atoms with Crippen LogP contribution in [-0.4, -0.2) is 30.1 Å². The highest BCUT2D eigenvalue weighted by Gasteiger charge is 2.29. The van der Waals surface area contributed by atoms with E-state index < -0.39 is 0 Å². The molecule has 0 unspecified atom stereocenters. The van der Waals surface area contributed by atoms with Gasteiger partial charge in [0.2, 0.25) is 0 Å². The average Bonchev–Trinajstić information content (AvgIpc) is 3.34. The molecule has 1 aromatic heterocycles. The summed E-state index contributed by atoms with van der Waals surface area (Å²) in [7, 11) is 1.95. The SMILES string of the molecule is CCC(CC)CN(CC)c1nc(C2CC2)nc(NC)c1C. The molecule has 0 spiro atoms. The molecule has 0 saturated heterocycles. The molecule has 118 valence electrons. The highest BCUT2D eigenvalue weighted by Crippen LogP contribution is 2.40. The van der Waals surface area contributed by atoms with Crippen LogP contribution in [0.5, 0.6) is 0 Å². The lowest BCUT2D eigenvalue weighted by atomic mass is 10.0. The maximum Gasteiger partial charge on any atom is 0.137 e. The van der Waals surface area contributed by atoms with Gasteiger partial charge in [-0.15, -0.1) is 0 Å². The van der Waals surface area contributed by atoms with Crippen LogP contribution in [0.1, 0.15) is 63.8 Å². The van der Waals surface area contributed by atoms with Gasteiger partial charge in [0.05, 0.1) is 0 Å². The van der Waals surface area contributed by atoms with Crippen LogP contribution in [0.4, 0.5) is 11.6 Å². The van der Waals surface area contributed by atoms with Crippen molar-refractivity contribution in [2.45, 2.75) is 59.3 Å². The maximum absolute atomic E-state index is 4.91. The fourth-order valence-corrected chi connectivity index (χ4v) is 2.82. The van der Waals surface area contributed by atoms with Crippen molar-refractivity contribution in [2.75, 3.05) is 30.4 Å². The van der Waals surface area contributed by atoms with Crippen LogP contribution >= 0.6 is 0 Å². The van der Waals surface area contributed by atoms with E-state index in [4.69, 9.17) is 9.97 Å². The highest BCUT2D eigenvalue weighted by atomic mass is 15.2. The molecule has 1 aliphatic carbocycles. The van der Waals surface area contributed by atoms with E-state index in [9.17, 15) is 0 Å². The molecule has 1 aromatic rings. The summed E-state index contributed by atoms with van der Waals surface area (Å²) in [5.74, 6) is 4.48. The Morgan fingerprint density at radius 2 is 1.86 bits per heavy atom. The summed E-state index contributed by atoms with van der Waals surface area (Å²) in [5, 5.41) is 3.24. The zero-order valence-electron chi connectivity index (χ0n) is 14.2. The lowest BCUT2D eigenvalue weighted by Crippen LogP contribution is -2.31. The Kier molecular flexibility index (Phi) is 5.43. The Morgan fingerprint density at radius 1 is 1.19 bits per heavy atom.